The first-order valence-corrected chi connectivity index (χ1v) is 11.3. The topological polar surface area (TPSA) is 82.1 Å². The standard InChI is InChI=1S/C19H28ClNO6S/c1-13(27-28(5,23)24)17-11-21(18(22)26-19(2,3)4)16(12-25-17)10-14-6-8-15(20)9-7-14/h6-9,13,16-17H,10-12H2,1-5H3/t13-,16-,17+/m0/s1. The van der Waals surface area contributed by atoms with Crippen LogP contribution in [0.2, 0.25) is 5.02 Å². The monoisotopic (exact) mass is 433 g/mol. The third-order valence-electron chi connectivity index (χ3n) is 4.18. The Labute approximate surface area is 172 Å². The molecule has 7 nitrogen and oxygen atoms in total. The van der Waals surface area contributed by atoms with Gasteiger partial charge in [0.15, 0.2) is 0 Å². The number of benzene rings is 1. The molecule has 0 radical (unpaired) electrons. The zero-order valence-corrected chi connectivity index (χ0v) is 18.4. The van der Waals surface area contributed by atoms with Gasteiger partial charge in [-0.1, -0.05) is 23.7 Å². The molecule has 9 heteroatoms. The zero-order valence-electron chi connectivity index (χ0n) is 16.8. The van der Waals surface area contributed by atoms with Crippen molar-refractivity contribution >= 4 is 27.8 Å². The first-order chi connectivity index (χ1) is 12.8. The number of ether oxygens (including phenoxy) is 2. The molecule has 28 heavy (non-hydrogen) atoms. The maximum atomic E-state index is 12.8. The Balaban J connectivity index is 2.17. The fourth-order valence-electron chi connectivity index (χ4n) is 2.95. The fourth-order valence-corrected chi connectivity index (χ4v) is 3.75. The number of amides is 1. The quantitative estimate of drug-likeness (QED) is 0.663. The van der Waals surface area contributed by atoms with E-state index in [1.807, 2.05) is 12.1 Å². The molecule has 0 saturated carbocycles. The molecule has 158 valence electrons. The van der Waals surface area contributed by atoms with Gasteiger partial charge in [0, 0.05) is 5.02 Å². The van der Waals surface area contributed by atoms with Gasteiger partial charge in [-0.05, 0) is 51.8 Å². The van der Waals surface area contributed by atoms with Crippen molar-refractivity contribution in [2.24, 2.45) is 0 Å². The number of hydrogen-bond donors (Lipinski definition) is 0. The molecule has 1 amide bonds. The van der Waals surface area contributed by atoms with Crippen LogP contribution in [0.5, 0.6) is 0 Å². The number of hydrogen-bond acceptors (Lipinski definition) is 6. The summed E-state index contributed by atoms with van der Waals surface area (Å²) in [6.45, 7) is 7.41. The Bertz CT molecular complexity index is 775. The molecule has 1 heterocycles. The summed E-state index contributed by atoms with van der Waals surface area (Å²) in [4.78, 5) is 14.4. The summed E-state index contributed by atoms with van der Waals surface area (Å²) < 4.78 is 39.3. The highest BCUT2D eigenvalue weighted by Crippen LogP contribution is 2.23. The summed E-state index contributed by atoms with van der Waals surface area (Å²) in [5.74, 6) is 0. The Morgan fingerprint density at radius 3 is 2.46 bits per heavy atom. The number of carbonyl (C=O) groups is 1. The predicted octanol–water partition coefficient (Wildman–Crippen LogP) is 3.25. The zero-order chi connectivity index (χ0) is 21.1. The summed E-state index contributed by atoms with van der Waals surface area (Å²) in [5, 5.41) is 0.638. The minimum Gasteiger partial charge on any atom is -0.444 e. The molecular weight excluding hydrogens is 406 g/mol. The van der Waals surface area contributed by atoms with Gasteiger partial charge in [-0.25, -0.2) is 4.79 Å². The maximum absolute atomic E-state index is 12.8. The molecule has 3 atom stereocenters. The van der Waals surface area contributed by atoms with Gasteiger partial charge in [0.1, 0.15) is 17.8 Å². The second-order valence-corrected chi connectivity index (χ2v) is 10.0. The van der Waals surface area contributed by atoms with Gasteiger partial charge in [-0.3, -0.25) is 9.08 Å². The van der Waals surface area contributed by atoms with Crippen LogP contribution in [0.25, 0.3) is 0 Å². The van der Waals surface area contributed by atoms with Crippen LogP contribution in [0.3, 0.4) is 0 Å². The summed E-state index contributed by atoms with van der Waals surface area (Å²) in [6.07, 6.45) is -0.224. The largest absolute Gasteiger partial charge is 0.444 e. The predicted molar refractivity (Wildman–Crippen MR) is 107 cm³/mol. The lowest BCUT2D eigenvalue weighted by Gasteiger charge is -2.41. The van der Waals surface area contributed by atoms with E-state index >= 15 is 0 Å². The van der Waals surface area contributed by atoms with Gasteiger partial charge in [0.2, 0.25) is 0 Å². The van der Waals surface area contributed by atoms with Crippen molar-refractivity contribution in [2.75, 3.05) is 19.4 Å². The van der Waals surface area contributed by atoms with Gasteiger partial charge in [0.25, 0.3) is 10.1 Å². The molecule has 1 aromatic rings. The van der Waals surface area contributed by atoms with Crippen LogP contribution in [-0.4, -0.2) is 62.7 Å². The smallest absolute Gasteiger partial charge is 0.410 e. The van der Waals surface area contributed by atoms with Crippen molar-refractivity contribution in [3.63, 3.8) is 0 Å². The third kappa shape index (κ3) is 7.24. The van der Waals surface area contributed by atoms with E-state index in [1.54, 1.807) is 44.7 Å². The first kappa shape index (κ1) is 22.9. The van der Waals surface area contributed by atoms with Crippen LogP contribution in [0.1, 0.15) is 33.3 Å². The summed E-state index contributed by atoms with van der Waals surface area (Å²) >= 11 is 5.94. The van der Waals surface area contributed by atoms with Crippen molar-refractivity contribution < 1.29 is 26.9 Å². The Hall–Kier alpha value is -1.35. The molecule has 0 aromatic heterocycles. The highest BCUT2D eigenvalue weighted by Gasteiger charge is 2.38. The number of nitrogens with zero attached hydrogens (tertiary/aromatic N) is 1. The van der Waals surface area contributed by atoms with E-state index in [0.717, 1.165) is 11.8 Å². The Kier molecular flexibility index (Phi) is 7.36. The van der Waals surface area contributed by atoms with E-state index in [2.05, 4.69) is 0 Å². The molecule has 0 spiro atoms. The van der Waals surface area contributed by atoms with Crippen LogP contribution in [-0.2, 0) is 30.2 Å². The highest BCUT2D eigenvalue weighted by molar-refractivity contribution is 7.86. The van der Waals surface area contributed by atoms with E-state index < -0.39 is 34.0 Å². The van der Waals surface area contributed by atoms with E-state index in [4.69, 9.17) is 25.3 Å². The fraction of sp³-hybridized carbons (Fsp3) is 0.632. The van der Waals surface area contributed by atoms with E-state index in [-0.39, 0.29) is 19.2 Å². The molecule has 2 rings (SSSR count). The summed E-state index contributed by atoms with van der Waals surface area (Å²) in [7, 11) is -3.63. The van der Waals surface area contributed by atoms with E-state index in [1.165, 1.54) is 0 Å². The maximum Gasteiger partial charge on any atom is 0.410 e. The number of halogens is 1. The van der Waals surface area contributed by atoms with Gasteiger partial charge < -0.3 is 9.47 Å². The van der Waals surface area contributed by atoms with Crippen LogP contribution in [0.4, 0.5) is 4.79 Å². The van der Waals surface area contributed by atoms with Crippen molar-refractivity contribution in [1.82, 2.24) is 4.90 Å². The molecular formula is C19H28ClNO6S. The van der Waals surface area contributed by atoms with Gasteiger partial charge in [-0.15, -0.1) is 0 Å². The van der Waals surface area contributed by atoms with Gasteiger partial charge in [-0.2, -0.15) is 8.42 Å². The molecule has 1 saturated heterocycles. The van der Waals surface area contributed by atoms with Crippen molar-refractivity contribution in [3.8, 4) is 0 Å². The Morgan fingerprint density at radius 2 is 1.93 bits per heavy atom. The third-order valence-corrected chi connectivity index (χ3v) is 5.09. The second kappa shape index (κ2) is 8.98. The number of rotatable bonds is 5. The van der Waals surface area contributed by atoms with Crippen LogP contribution in [0, 0.1) is 0 Å². The molecule has 0 aliphatic carbocycles. The average molecular weight is 434 g/mol. The van der Waals surface area contributed by atoms with Gasteiger partial charge >= 0.3 is 6.09 Å². The van der Waals surface area contributed by atoms with Crippen molar-refractivity contribution in [2.45, 2.75) is 58.0 Å². The van der Waals surface area contributed by atoms with Crippen LogP contribution >= 0.6 is 11.6 Å². The Morgan fingerprint density at radius 1 is 1.32 bits per heavy atom. The lowest BCUT2D eigenvalue weighted by Crippen LogP contribution is -2.57. The molecule has 1 aliphatic rings. The molecule has 1 aliphatic heterocycles. The molecule has 0 unspecified atom stereocenters. The molecule has 0 bridgehead atoms. The van der Waals surface area contributed by atoms with Crippen molar-refractivity contribution in [3.05, 3.63) is 34.9 Å². The minimum atomic E-state index is -3.63. The average Bonchev–Trinajstić information content (AvgIpc) is 2.54. The minimum absolute atomic E-state index is 0.170. The first-order valence-electron chi connectivity index (χ1n) is 9.08. The summed E-state index contributed by atoms with van der Waals surface area (Å²) in [5.41, 5.74) is 0.357. The highest BCUT2D eigenvalue weighted by atomic mass is 35.5. The van der Waals surface area contributed by atoms with Crippen LogP contribution < -0.4 is 0 Å². The lowest BCUT2D eigenvalue weighted by atomic mass is 10.0. The SMILES string of the molecule is C[C@H](OS(C)(=O)=O)[C@H]1CN(C(=O)OC(C)(C)C)[C@@H](Cc2ccc(Cl)cc2)CO1. The molecule has 0 N–H and O–H groups in total. The summed E-state index contributed by atoms with van der Waals surface area (Å²) in [6, 6.07) is 7.14. The number of carbonyl (C=O) groups excluding carboxylic acids is 1. The lowest BCUT2D eigenvalue weighted by molar-refractivity contribution is -0.0993. The number of morpholine rings is 1. The van der Waals surface area contributed by atoms with E-state index in [0.29, 0.717) is 11.4 Å². The second-order valence-electron chi connectivity index (χ2n) is 7.99. The van der Waals surface area contributed by atoms with Crippen molar-refractivity contribution in [1.29, 1.82) is 0 Å². The molecule has 1 aromatic carbocycles. The van der Waals surface area contributed by atoms with Gasteiger partial charge in [0.05, 0.1) is 25.4 Å². The molecule has 1 fully saturated rings. The van der Waals surface area contributed by atoms with Crippen LogP contribution in [0.15, 0.2) is 24.3 Å². The normalized spacial score (nSPS) is 22.0. The van der Waals surface area contributed by atoms with E-state index in [9.17, 15) is 13.2 Å².